The number of rotatable bonds is 6. The lowest BCUT2D eigenvalue weighted by molar-refractivity contribution is -0.131. The fourth-order valence-corrected chi connectivity index (χ4v) is 2.79. The predicted octanol–water partition coefficient (Wildman–Crippen LogP) is 4.63. The average molecular weight is 445 g/mol. The summed E-state index contributed by atoms with van der Waals surface area (Å²) >= 11 is 7.99. The number of ether oxygens (including phenoxy) is 2. The van der Waals surface area contributed by atoms with Crippen LogP contribution in [0.2, 0.25) is 5.02 Å². The lowest BCUT2D eigenvalue weighted by atomic mass is 10.2. The fraction of sp³-hybridized carbons (Fsp3) is 0.118. The first kappa shape index (κ1) is 17.6. The second-order valence-corrected chi connectivity index (χ2v) is 6.22. The first-order chi connectivity index (χ1) is 11.0. The van der Waals surface area contributed by atoms with Gasteiger partial charge in [-0.3, -0.25) is 0 Å². The number of carbonyl (C=O) groups is 1. The molecule has 0 saturated carbocycles. The van der Waals surface area contributed by atoms with Gasteiger partial charge in [-0.25, -0.2) is 4.79 Å². The molecule has 4 nitrogen and oxygen atoms in total. The molecule has 6 heteroatoms. The van der Waals surface area contributed by atoms with Crippen LogP contribution in [0.15, 0.2) is 42.5 Å². The zero-order valence-corrected chi connectivity index (χ0v) is 15.2. The van der Waals surface area contributed by atoms with Gasteiger partial charge in [-0.2, -0.15) is 0 Å². The summed E-state index contributed by atoms with van der Waals surface area (Å²) in [4.78, 5) is 10.6. The maximum Gasteiger partial charge on any atom is 0.328 e. The zero-order chi connectivity index (χ0) is 16.8. The maximum absolute atomic E-state index is 10.6. The first-order valence-electron chi connectivity index (χ1n) is 6.65. The van der Waals surface area contributed by atoms with E-state index < -0.39 is 5.97 Å². The van der Waals surface area contributed by atoms with Crippen LogP contribution >= 0.6 is 34.2 Å². The van der Waals surface area contributed by atoms with Crippen molar-refractivity contribution in [1.82, 2.24) is 0 Å². The first-order valence-corrected chi connectivity index (χ1v) is 8.11. The highest BCUT2D eigenvalue weighted by molar-refractivity contribution is 14.1. The third-order valence-corrected chi connectivity index (χ3v) is 4.02. The van der Waals surface area contributed by atoms with Crippen molar-refractivity contribution < 1.29 is 19.4 Å². The predicted molar refractivity (Wildman–Crippen MR) is 98.2 cm³/mol. The molecule has 0 aromatic heterocycles. The van der Waals surface area contributed by atoms with Crippen LogP contribution in [0.25, 0.3) is 6.08 Å². The molecule has 0 spiro atoms. The molecule has 0 aliphatic rings. The molecule has 1 N–H and O–H groups in total. The highest BCUT2D eigenvalue weighted by Gasteiger charge is 2.11. The van der Waals surface area contributed by atoms with E-state index in [1.807, 2.05) is 30.3 Å². The number of carboxylic acids is 1. The summed E-state index contributed by atoms with van der Waals surface area (Å²) in [6, 6.07) is 11.0. The molecule has 0 aliphatic heterocycles. The molecular weight excluding hydrogens is 431 g/mol. The molecule has 2 rings (SSSR count). The summed E-state index contributed by atoms with van der Waals surface area (Å²) in [5.41, 5.74) is 1.72. The van der Waals surface area contributed by atoms with Crippen molar-refractivity contribution in [2.75, 3.05) is 7.11 Å². The number of methoxy groups -OCH3 is 1. The van der Waals surface area contributed by atoms with Crippen molar-refractivity contribution in [2.24, 2.45) is 0 Å². The molecule has 2 aromatic rings. The summed E-state index contributed by atoms with van der Waals surface area (Å²) in [6.07, 6.45) is 2.59. The number of aliphatic carboxylic acids is 1. The van der Waals surface area contributed by atoms with E-state index >= 15 is 0 Å². The van der Waals surface area contributed by atoms with Gasteiger partial charge in [0.2, 0.25) is 0 Å². The highest BCUT2D eigenvalue weighted by Crippen LogP contribution is 2.35. The molecule has 0 heterocycles. The lowest BCUT2D eigenvalue weighted by Crippen LogP contribution is -2.00. The number of carboxylic acid groups (broad SMARTS) is 1. The number of benzene rings is 2. The van der Waals surface area contributed by atoms with Gasteiger partial charge in [0.05, 0.1) is 10.7 Å². The van der Waals surface area contributed by atoms with E-state index in [1.165, 1.54) is 6.08 Å². The second-order valence-electron chi connectivity index (χ2n) is 4.62. The second kappa shape index (κ2) is 8.21. The van der Waals surface area contributed by atoms with Crippen LogP contribution in [-0.2, 0) is 11.4 Å². The molecule has 0 atom stereocenters. The van der Waals surface area contributed by atoms with Crippen LogP contribution in [0.3, 0.4) is 0 Å². The average Bonchev–Trinajstić information content (AvgIpc) is 2.53. The maximum atomic E-state index is 10.6. The van der Waals surface area contributed by atoms with Gasteiger partial charge in [0, 0.05) is 11.1 Å². The molecular formula is C17H14ClIO4. The van der Waals surface area contributed by atoms with Crippen molar-refractivity contribution in [3.63, 3.8) is 0 Å². The summed E-state index contributed by atoms with van der Waals surface area (Å²) in [7, 11) is 1.55. The largest absolute Gasteiger partial charge is 0.493 e. The van der Waals surface area contributed by atoms with Crippen molar-refractivity contribution in [1.29, 1.82) is 0 Å². The Bertz CT molecular complexity index is 726. The third-order valence-electron chi connectivity index (χ3n) is 2.97. The molecule has 0 fully saturated rings. The Morgan fingerprint density at radius 3 is 2.61 bits per heavy atom. The van der Waals surface area contributed by atoms with E-state index in [2.05, 4.69) is 22.6 Å². The van der Waals surface area contributed by atoms with Crippen LogP contribution in [0.1, 0.15) is 11.1 Å². The molecule has 120 valence electrons. The molecule has 0 bridgehead atoms. The Morgan fingerprint density at radius 1 is 1.30 bits per heavy atom. The molecule has 2 aromatic carbocycles. The van der Waals surface area contributed by atoms with Gasteiger partial charge in [-0.05, 0) is 64.1 Å². The monoisotopic (exact) mass is 444 g/mol. The van der Waals surface area contributed by atoms with Crippen LogP contribution in [0, 0.1) is 3.57 Å². The fourth-order valence-electron chi connectivity index (χ4n) is 1.88. The summed E-state index contributed by atoms with van der Waals surface area (Å²) in [5, 5.41) is 9.38. The Kier molecular flexibility index (Phi) is 6.29. The van der Waals surface area contributed by atoms with Crippen LogP contribution in [0.5, 0.6) is 11.5 Å². The van der Waals surface area contributed by atoms with Gasteiger partial charge in [0.15, 0.2) is 11.5 Å². The number of hydrogen-bond acceptors (Lipinski definition) is 3. The Morgan fingerprint density at radius 2 is 2.00 bits per heavy atom. The minimum Gasteiger partial charge on any atom is -0.493 e. The van der Waals surface area contributed by atoms with Gasteiger partial charge in [-0.15, -0.1) is 0 Å². The number of halogens is 2. The van der Waals surface area contributed by atoms with E-state index in [9.17, 15) is 4.79 Å². The van der Waals surface area contributed by atoms with E-state index in [0.29, 0.717) is 23.1 Å². The van der Waals surface area contributed by atoms with E-state index in [-0.39, 0.29) is 0 Å². The Labute approximate surface area is 152 Å². The molecule has 23 heavy (non-hydrogen) atoms. The van der Waals surface area contributed by atoms with Crippen molar-refractivity contribution in [3.8, 4) is 11.5 Å². The Hall–Kier alpha value is -1.73. The lowest BCUT2D eigenvalue weighted by Gasteiger charge is -2.13. The standard InChI is InChI=1S/C17H14ClIO4/c1-22-15-9-12(4-7-16(20)21)8-14(19)17(15)23-10-11-2-5-13(18)6-3-11/h2-9H,10H2,1H3,(H,20,21)/b7-4+. The van der Waals surface area contributed by atoms with Crippen LogP contribution in [0.4, 0.5) is 0 Å². The summed E-state index contributed by atoms with van der Waals surface area (Å²) < 4.78 is 12.0. The minimum atomic E-state index is -0.998. The molecule has 0 radical (unpaired) electrons. The minimum absolute atomic E-state index is 0.383. The number of hydrogen-bond donors (Lipinski definition) is 1. The van der Waals surface area contributed by atoms with Crippen molar-refractivity contribution in [2.45, 2.75) is 6.61 Å². The van der Waals surface area contributed by atoms with E-state index in [0.717, 1.165) is 20.8 Å². The zero-order valence-electron chi connectivity index (χ0n) is 12.3. The molecule has 0 unspecified atom stereocenters. The van der Waals surface area contributed by atoms with E-state index in [4.69, 9.17) is 26.2 Å². The molecule has 0 aliphatic carbocycles. The summed E-state index contributed by atoms with van der Waals surface area (Å²) in [6.45, 7) is 0.383. The van der Waals surface area contributed by atoms with Crippen molar-refractivity contribution in [3.05, 3.63) is 62.2 Å². The van der Waals surface area contributed by atoms with Crippen LogP contribution in [-0.4, -0.2) is 18.2 Å². The normalized spacial score (nSPS) is 10.7. The quantitative estimate of drug-likeness (QED) is 0.521. The van der Waals surface area contributed by atoms with Crippen molar-refractivity contribution >= 4 is 46.2 Å². The van der Waals surface area contributed by atoms with Gasteiger partial charge >= 0.3 is 5.97 Å². The molecule has 0 saturated heterocycles. The Balaban J connectivity index is 2.20. The van der Waals surface area contributed by atoms with Gasteiger partial charge in [0.25, 0.3) is 0 Å². The third kappa shape index (κ3) is 5.14. The van der Waals surface area contributed by atoms with Gasteiger partial charge in [0.1, 0.15) is 6.61 Å². The van der Waals surface area contributed by atoms with E-state index in [1.54, 1.807) is 13.2 Å². The smallest absolute Gasteiger partial charge is 0.328 e. The topological polar surface area (TPSA) is 55.8 Å². The van der Waals surface area contributed by atoms with Crippen LogP contribution < -0.4 is 9.47 Å². The SMILES string of the molecule is COc1cc(/C=C/C(=O)O)cc(I)c1OCc1ccc(Cl)cc1. The highest BCUT2D eigenvalue weighted by atomic mass is 127. The van der Waals surface area contributed by atoms with Gasteiger partial charge in [-0.1, -0.05) is 23.7 Å². The summed E-state index contributed by atoms with van der Waals surface area (Å²) in [5.74, 6) is 0.175. The molecule has 0 amide bonds. The van der Waals surface area contributed by atoms with Gasteiger partial charge < -0.3 is 14.6 Å².